The van der Waals surface area contributed by atoms with Crippen LogP contribution in [0.3, 0.4) is 0 Å². The molecule has 1 rings (SSSR count). The summed E-state index contributed by atoms with van der Waals surface area (Å²) in [5.74, 6) is -0.561. The number of nitrogens with zero attached hydrogens (tertiary/aromatic N) is 1. The van der Waals surface area contributed by atoms with Crippen LogP contribution in [0.2, 0.25) is 0 Å². The SMILES string of the molecule is CCN(CCBr)C(=O)c1ccc(Br)c(F)c1. The van der Waals surface area contributed by atoms with E-state index in [9.17, 15) is 9.18 Å². The molecule has 0 heterocycles. The highest BCUT2D eigenvalue weighted by molar-refractivity contribution is 9.10. The van der Waals surface area contributed by atoms with E-state index in [-0.39, 0.29) is 5.91 Å². The lowest BCUT2D eigenvalue weighted by molar-refractivity contribution is 0.0774. The monoisotopic (exact) mass is 351 g/mol. The van der Waals surface area contributed by atoms with Crippen LogP contribution in [0.5, 0.6) is 0 Å². The molecule has 0 atom stereocenters. The van der Waals surface area contributed by atoms with Gasteiger partial charge in [0, 0.05) is 24.0 Å². The Labute approximate surface area is 111 Å². The van der Waals surface area contributed by atoms with Gasteiger partial charge in [-0.25, -0.2) is 4.39 Å². The maximum absolute atomic E-state index is 13.3. The second kappa shape index (κ2) is 6.35. The molecule has 16 heavy (non-hydrogen) atoms. The van der Waals surface area contributed by atoms with Gasteiger partial charge in [0.05, 0.1) is 4.47 Å². The molecule has 5 heteroatoms. The molecule has 0 saturated heterocycles. The van der Waals surface area contributed by atoms with Gasteiger partial charge in [0.25, 0.3) is 5.91 Å². The van der Waals surface area contributed by atoms with Crippen molar-refractivity contribution in [3.8, 4) is 0 Å². The number of hydrogen-bond donors (Lipinski definition) is 0. The van der Waals surface area contributed by atoms with E-state index in [0.29, 0.717) is 28.5 Å². The molecule has 2 nitrogen and oxygen atoms in total. The number of hydrogen-bond acceptors (Lipinski definition) is 1. The Kier molecular flexibility index (Phi) is 5.41. The van der Waals surface area contributed by atoms with Crippen molar-refractivity contribution < 1.29 is 9.18 Å². The minimum absolute atomic E-state index is 0.145. The zero-order chi connectivity index (χ0) is 12.1. The molecule has 0 N–H and O–H groups in total. The molecular formula is C11H12Br2FNO. The number of halogens is 3. The Balaban J connectivity index is 2.90. The predicted octanol–water partition coefficient (Wildman–Crippen LogP) is 3.45. The summed E-state index contributed by atoms with van der Waals surface area (Å²) in [6, 6.07) is 4.42. The third-order valence-electron chi connectivity index (χ3n) is 2.19. The summed E-state index contributed by atoms with van der Waals surface area (Å²) in [5.41, 5.74) is 0.378. The Morgan fingerprint density at radius 1 is 1.50 bits per heavy atom. The first-order valence-corrected chi connectivity index (χ1v) is 6.82. The standard InChI is InChI=1S/C11H12Br2FNO/c1-2-15(6-5-12)11(16)8-3-4-9(13)10(14)7-8/h3-4,7H,2,5-6H2,1H3. The van der Waals surface area contributed by atoms with Gasteiger partial charge in [-0.15, -0.1) is 0 Å². The summed E-state index contributed by atoms with van der Waals surface area (Å²) < 4.78 is 13.6. The van der Waals surface area contributed by atoms with Crippen molar-refractivity contribution in [1.29, 1.82) is 0 Å². The second-order valence-electron chi connectivity index (χ2n) is 3.20. The van der Waals surface area contributed by atoms with E-state index in [2.05, 4.69) is 31.9 Å². The molecule has 0 bridgehead atoms. The second-order valence-corrected chi connectivity index (χ2v) is 4.85. The van der Waals surface area contributed by atoms with Crippen molar-refractivity contribution in [2.75, 3.05) is 18.4 Å². The van der Waals surface area contributed by atoms with E-state index in [1.54, 1.807) is 17.0 Å². The van der Waals surface area contributed by atoms with E-state index >= 15 is 0 Å². The van der Waals surface area contributed by atoms with Gasteiger partial charge in [-0.05, 0) is 41.1 Å². The van der Waals surface area contributed by atoms with E-state index < -0.39 is 5.82 Å². The molecular weight excluding hydrogens is 341 g/mol. The van der Waals surface area contributed by atoms with Crippen molar-refractivity contribution in [2.45, 2.75) is 6.92 Å². The fraction of sp³-hybridized carbons (Fsp3) is 0.364. The molecule has 1 amide bonds. The lowest BCUT2D eigenvalue weighted by Crippen LogP contribution is -2.32. The molecule has 0 spiro atoms. The van der Waals surface area contributed by atoms with E-state index in [0.717, 1.165) is 0 Å². The molecule has 0 radical (unpaired) electrons. The van der Waals surface area contributed by atoms with Crippen LogP contribution in [-0.4, -0.2) is 29.2 Å². The maximum Gasteiger partial charge on any atom is 0.253 e. The zero-order valence-electron chi connectivity index (χ0n) is 8.84. The van der Waals surface area contributed by atoms with E-state index in [4.69, 9.17) is 0 Å². The number of carbonyl (C=O) groups is 1. The van der Waals surface area contributed by atoms with Crippen LogP contribution in [0.25, 0.3) is 0 Å². The van der Waals surface area contributed by atoms with Gasteiger partial charge in [0.1, 0.15) is 5.82 Å². The van der Waals surface area contributed by atoms with Crippen molar-refractivity contribution in [2.24, 2.45) is 0 Å². The van der Waals surface area contributed by atoms with Gasteiger partial charge in [0.2, 0.25) is 0 Å². The maximum atomic E-state index is 13.3. The Hall–Kier alpha value is -0.420. The summed E-state index contributed by atoms with van der Waals surface area (Å²) in [6.07, 6.45) is 0. The fourth-order valence-corrected chi connectivity index (χ4v) is 1.99. The molecule has 0 saturated carbocycles. The molecule has 88 valence electrons. The van der Waals surface area contributed by atoms with Crippen molar-refractivity contribution in [3.05, 3.63) is 34.1 Å². The lowest BCUT2D eigenvalue weighted by atomic mass is 10.2. The van der Waals surface area contributed by atoms with Crippen molar-refractivity contribution >= 4 is 37.8 Å². The quantitative estimate of drug-likeness (QED) is 0.760. The number of amides is 1. The summed E-state index contributed by atoms with van der Waals surface area (Å²) in [5, 5.41) is 0.714. The molecule has 0 aliphatic rings. The number of benzene rings is 1. The Morgan fingerprint density at radius 2 is 2.19 bits per heavy atom. The van der Waals surface area contributed by atoms with Crippen molar-refractivity contribution in [1.82, 2.24) is 4.90 Å². The highest BCUT2D eigenvalue weighted by Crippen LogP contribution is 2.17. The van der Waals surface area contributed by atoms with Crippen LogP contribution in [0.15, 0.2) is 22.7 Å². The van der Waals surface area contributed by atoms with Gasteiger partial charge in [-0.3, -0.25) is 4.79 Å². The average molecular weight is 353 g/mol. The van der Waals surface area contributed by atoms with Crippen LogP contribution in [0.4, 0.5) is 4.39 Å². The van der Waals surface area contributed by atoms with Crippen LogP contribution >= 0.6 is 31.9 Å². The minimum atomic E-state index is -0.416. The smallest absolute Gasteiger partial charge is 0.253 e. The molecule has 1 aromatic carbocycles. The molecule has 0 aromatic heterocycles. The predicted molar refractivity (Wildman–Crippen MR) is 69.5 cm³/mol. The van der Waals surface area contributed by atoms with Crippen molar-refractivity contribution in [3.63, 3.8) is 0 Å². The van der Waals surface area contributed by atoms with E-state index in [1.807, 2.05) is 6.92 Å². The third-order valence-corrected chi connectivity index (χ3v) is 3.19. The number of rotatable bonds is 4. The number of alkyl halides is 1. The van der Waals surface area contributed by atoms with Gasteiger partial charge in [-0.2, -0.15) is 0 Å². The summed E-state index contributed by atoms with van der Waals surface area (Å²) in [4.78, 5) is 13.6. The lowest BCUT2D eigenvalue weighted by Gasteiger charge is -2.19. The fourth-order valence-electron chi connectivity index (χ4n) is 1.32. The zero-order valence-corrected chi connectivity index (χ0v) is 12.0. The number of carbonyl (C=O) groups excluding carboxylic acids is 1. The van der Waals surface area contributed by atoms with Crippen LogP contribution in [-0.2, 0) is 0 Å². The van der Waals surface area contributed by atoms with Crippen LogP contribution < -0.4 is 0 Å². The Bertz CT molecular complexity index is 384. The normalized spacial score (nSPS) is 10.2. The van der Waals surface area contributed by atoms with Crippen LogP contribution in [0.1, 0.15) is 17.3 Å². The van der Waals surface area contributed by atoms with Gasteiger partial charge >= 0.3 is 0 Å². The Morgan fingerprint density at radius 3 is 2.69 bits per heavy atom. The molecule has 0 aliphatic carbocycles. The van der Waals surface area contributed by atoms with Gasteiger partial charge < -0.3 is 4.90 Å². The van der Waals surface area contributed by atoms with E-state index in [1.165, 1.54) is 6.07 Å². The molecule has 0 fully saturated rings. The summed E-state index contributed by atoms with van der Waals surface area (Å²) in [7, 11) is 0. The first kappa shape index (κ1) is 13.6. The molecule has 1 aromatic rings. The summed E-state index contributed by atoms with van der Waals surface area (Å²) >= 11 is 6.34. The molecule has 0 aliphatic heterocycles. The van der Waals surface area contributed by atoms with Gasteiger partial charge in [0.15, 0.2) is 0 Å². The van der Waals surface area contributed by atoms with Crippen LogP contribution in [0, 0.1) is 5.82 Å². The highest BCUT2D eigenvalue weighted by atomic mass is 79.9. The van der Waals surface area contributed by atoms with Gasteiger partial charge in [-0.1, -0.05) is 15.9 Å². The summed E-state index contributed by atoms with van der Waals surface area (Å²) in [6.45, 7) is 3.13. The topological polar surface area (TPSA) is 20.3 Å². The first-order chi connectivity index (χ1) is 7.60. The molecule has 0 unspecified atom stereocenters. The highest BCUT2D eigenvalue weighted by Gasteiger charge is 2.14. The third kappa shape index (κ3) is 3.28. The minimum Gasteiger partial charge on any atom is -0.338 e. The largest absolute Gasteiger partial charge is 0.338 e. The average Bonchev–Trinajstić information content (AvgIpc) is 2.28. The first-order valence-electron chi connectivity index (χ1n) is 4.90.